The zero-order valence-corrected chi connectivity index (χ0v) is 18.7. The van der Waals surface area contributed by atoms with E-state index in [0.717, 1.165) is 24.4 Å². The molecule has 0 saturated heterocycles. The van der Waals surface area contributed by atoms with Crippen molar-refractivity contribution in [2.75, 3.05) is 6.61 Å². The lowest BCUT2D eigenvalue weighted by molar-refractivity contribution is -0.145. The Balaban J connectivity index is 2.01. The van der Waals surface area contributed by atoms with E-state index in [2.05, 4.69) is 23.7 Å². The van der Waals surface area contributed by atoms with Crippen molar-refractivity contribution in [2.45, 2.75) is 60.5 Å². The molecule has 7 heteroatoms. The summed E-state index contributed by atoms with van der Waals surface area (Å²) >= 11 is 0. The number of ketones is 1. The summed E-state index contributed by atoms with van der Waals surface area (Å²) in [4.78, 5) is 37.4. The summed E-state index contributed by atoms with van der Waals surface area (Å²) in [5.74, 6) is -0.948. The highest BCUT2D eigenvalue weighted by Gasteiger charge is 2.28. The standard InChI is InChI=1S/C23H32N2O5/c1-14(2)9-10-25-16(5)12-18(17(25)6)19(26)13-30-23(28)21(15(3)4)24-22(27)20-8-7-11-29-20/h7-8,11-12,14-15,21H,9-10,13H2,1-6H3,(H,24,27)/t21-/m0/s1. The number of nitrogens with one attached hydrogen (secondary N) is 1. The van der Waals surface area contributed by atoms with Crippen molar-refractivity contribution < 1.29 is 23.5 Å². The molecule has 164 valence electrons. The number of aromatic nitrogens is 1. The molecule has 0 bridgehead atoms. The third kappa shape index (κ3) is 5.84. The van der Waals surface area contributed by atoms with Crippen LogP contribution >= 0.6 is 0 Å². The number of carbonyl (C=O) groups excluding carboxylic acids is 3. The number of hydrogen-bond acceptors (Lipinski definition) is 5. The Bertz CT molecular complexity index is 878. The fourth-order valence-corrected chi connectivity index (χ4v) is 3.24. The third-order valence-electron chi connectivity index (χ3n) is 5.10. The minimum Gasteiger partial charge on any atom is -0.459 e. The normalized spacial score (nSPS) is 12.3. The largest absolute Gasteiger partial charge is 0.459 e. The van der Waals surface area contributed by atoms with Gasteiger partial charge in [0.05, 0.1) is 6.26 Å². The van der Waals surface area contributed by atoms with Gasteiger partial charge in [-0.05, 0) is 50.3 Å². The minimum absolute atomic E-state index is 0.110. The molecule has 0 aliphatic carbocycles. The second-order valence-corrected chi connectivity index (χ2v) is 8.32. The average Bonchev–Trinajstić information content (AvgIpc) is 3.30. The van der Waals surface area contributed by atoms with Gasteiger partial charge in [-0.2, -0.15) is 0 Å². The topological polar surface area (TPSA) is 90.5 Å². The summed E-state index contributed by atoms with van der Waals surface area (Å²) in [5, 5.41) is 2.61. The van der Waals surface area contributed by atoms with E-state index in [-0.39, 0.29) is 24.1 Å². The number of furan rings is 1. The number of rotatable bonds is 10. The van der Waals surface area contributed by atoms with Gasteiger partial charge in [-0.15, -0.1) is 0 Å². The van der Waals surface area contributed by atoms with Crippen LogP contribution in [0.1, 0.15) is 66.4 Å². The van der Waals surface area contributed by atoms with E-state index in [1.807, 2.05) is 19.9 Å². The highest BCUT2D eigenvalue weighted by Crippen LogP contribution is 2.18. The number of hydrogen-bond donors (Lipinski definition) is 1. The van der Waals surface area contributed by atoms with Crippen LogP contribution in [-0.4, -0.2) is 34.9 Å². The SMILES string of the molecule is Cc1cc(C(=O)COC(=O)[C@@H](NC(=O)c2ccco2)C(C)C)c(C)n1CCC(C)C. The minimum atomic E-state index is -0.881. The first-order valence-electron chi connectivity index (χ1n) is 10.3. The molecule has 2 aromatic heterocycles. The number of amides is 1. The third-order valence-corrected chi connectivity index (χ3v) is 5.10. The second-order valence-electron chi connectivity index (χ2n) is 8.32. The lowest BCUT2D eigenvalue weighted by atomic mass is 10.0. The molecule has 1 amide bonds. The van der Waals surface area contributed by atoms with Crippen LogP contribution in [0.5, 0.6) is 0 Å². The van der Waals surface area contributed by atoms with Crippen molar-refractivity contribution in [2.24, 2.45) is 11.8 Å². The summed E-state index contributed by atoms with van der Waals surface area (Å²) in [6, 6.07) is 4.06. The van der Waals surface area contributed by atoms with Gasteiger partial charge < -0.3 is 19.0 Å². The summed E-state index contributed by atoms with van der Waals surface area (Å²) in [5.41, 5.74) is 2.44. The molecule has 0 aliphatic heterocycles. The summed E-state index contributed by atoms with van der Waals surface area (Å²) < 4.78 is 12.4. The molecule has 0 saturated carbocycles. The van der Waals surface area contributed by atoms with Gasteiger partial charge in [0.25, 0.3) is 5.91 Å². The predicted octanol–water partition coefficient (Wildman–Crippen LogP) is 3.92. The highest BCUT2D eigenvalue weighted by molar-refractivity contribution is 6.00. The number of Topliss-reactive ketones (excluding diaryl/α,β-unsaturated/α-hetero) is 1. The lowest BCUT2D eigenvalue weighted by Gasteiger charge is -2.20. The van der Waals surface area contributed by atoms with Gasteiger partial charge in [-0.1, -0.05) is 27.7 Å². The Hall–Kier alpha value is -2.83. The maximum atomic E-state index is 12.7. The Morgan fingerprint density at radius 1 is 1.17 bits per heavy atom. The van der Waals surface area contributed by atoms with Gasteiger partial charge >= 0.3 is 5.97 Å². The summed E-state index contributed by atoms with van der Waals surface area (Å²) in [6.07, 6.45) is 2.40. The monoisotopic (exact) mass is 416 g/mol. The number of carbonyl (C=O) groups is 3. The van der Waals surface area contributed by atoms with E-state index in [0.29, 0.717) is 11.5 Å². The Morgan fingerprint density at radius 2 is 1.87 bits per heavy atom. The lowest BCUT2D eigenvalue weighted by Crippen LogP contribution is -2.45. The van der Waals surface area contributed by atoms with Crippen LogP contribution in [0.15, 0.2) is 28.9 Å². The summed E-state index contributed by atoms with van der Waals surface area (Å²) in [7, 11) is 0. The zero-order chi connectivity index (χ0) is 22.4. The van der Waals surface area contributed by atoms with Crippen LogP contribution in [0, 0.1) is 25.7 Å². The van der Waals surface area contributed by atoms with Crippen LogP contribution in [0.25, 0.3) is 0 Å². The first-order chi connectivity index (χ1) is 14.1. The summed E-state index contributed by atoms with van der Waals surface area (Å²) in [6.45, 7) is 12.3. The molecule has 0 aliphatic rings. The first kappa shape index (κ1) is 23.4. The molecular formula is C23H32N2O5. The van der Waals surface area contributed by atoms with Crippen molar-refractivity contribution in [3.63, 3.8) is 0 Å². The van der Waals surface area contributed by atoms with Gasteiger partial charge in [0.15, 0.2) is 12.4 Å². The molecule has 2 aromatic rings. The molecule has 1 N–H and O–H groups in total. The van der Waals surface area contributed by atoms with E-state index < -0.39 is 17.9 Å². The van der Waals surface area contributed by atoms with Crippen molar-refractivity contribution >= 4 is 17.7 Å². The van der Waals surface area contributed by atoms with E-state index >= 15 is 0 Å². The highest BCUT2D eigenvalue weighted by atomic mass is 16.5. The number of nitrogens with zero attached hydrogens (tertiary/aromatic N) is 1. The number of aryl methyl sites for hydroxylation is 1. The van der Waals surface area contributed by atoms with Gasteiger partial charge in [0, 0.05) is 23.5 Å². The maximum absolute atomic E-state index is 12.7. The molecule has 7 nitrogen and oxygen atoms in total. The van der Waals surface area contributed by atoms with Crippen LogP contribution < -0.4 is 5.32 Å². The van der Waals surface area contributed by atoms with Crippen LogP contribution in [0.3, 0.4) is 0 Å². The Labute approximate surface area is 177 Å². The predicted molar refractivity (Wildman–Crippen MR) is 113 cm³/mol. The van der Waals surface area contributed by atoms with E-state index in [1.165, 1.54) is 12.3 Å². The molecule has 0 fully saturated rings. The Kier molecular flexibility index (Phi) is 8.03. The molecule has 0 radical (unpaired) electrons. The number of ether oxygens (including phenoxy) is 1. The van der Waals surface area contributed by atoms with Gasteiger partial charge in [-0.3, -0.25) is 9.59 Å². The quantitative estimate of drug-likeness (QED) is 0.468. The molecule has 2 heterocycles. The van der Waals surface area contributed by atoms with Crippen LogP contribution in [-0.2, 0) is 16.1 Å². The molecule has 0 aromatic carbocycles. The molecule has 1 atom stereocenters. The molecular weight excluding hydrogens is 384 g/mol. The van der Waals surface area contributed by atoms with E-state index in [4.69, 9.17) is 9.15 Å². The zero-order valence-electron chi connectivity index (χ0n) is 18.7. The molecule has 0 unspecified atom stereocenters. The second kappa shape index (κ2) is 10.3. The van der Waals surface area contributed by atoms with Crippen molar-refractivity contribution in [3.8, 4) is 0 Å². The van der Waals surface area contributed by atoms with E-state index in [9.17, 15) is 14.4 Å². The maximum Gasteiger partial charge on any atom is 0.329 e. The average molecular weight is 417 g/mol. The van der Waals surface area contributed by atoms with Crippen molar-refractivity contribution in [3.05, 3.63) is 47.2 Å². The van der Waals surface area contributed by atoms with Crippen molar-refractivity contribution in [1.29, 1.82) is 0 Å². The number of esters is 1. The fourth-order valence-electron chi connectivity index (χ4n) is 3.24. The molecule has 30 heavy (non-hydrogen) atoms. The first-order valence-corrected chi connectivity index (χ1v) is 10.3. The van der Waals surface area contributed by atoms with Gasteiger partial charge in [0.2, 0.25) is 5.78 Å². The van der Waals surface area contributed by atoms with Crippen LogP contribution in [0.4, 0.5) is 0 Å². The van der Waals surface area contributed by atoms with E-state index in [1.54, 1.807) is 19.9 Å². The van der Waals surface area contributed by atoms with Gasteiger partial charge in [0.1, 0.15) is 6.04 Å². The Morgan fingerprint density at radius 3 is 2.43 bits per heavy atom. The van der Waals surface area contributed by atoms with Crippen LogP contribution in [0.2, 0.25) is 0 Å². The van der Waals surface area contributed by atoms with Gasteiger partial charge in [-0.25, -0.2) is 4.79 Å². The fraction of sp³-hybridized carbons (Fsp3) is 0.522. The molecule has 0 spiro atoms. The van der Waals surface area contributed by atoms with Crippen molar-refractivity contribution in [1.82, 2.24) is 9.88 Å². The molecule has 2 rings (SSSR count). The smallest absolute Gasteiger partial charge is 0.329 e.